The van der Waals surface area contributed by atoms with Gasteiger partial charge in [0.05, 0.1) is 6.42 Å². The van der Waals surface area contributed by atoms with E-state index in [-0.39, 0.29) is 5.97 Å². The first-order valence-corrected chi connectivity index (χ1v) is 6.79. The number of esters is 1. The van der Waals surface area contributed by atoms with Crippen LogP contribution < -0.4 is 0 Å². The van der Waals surface area contributed by atoms with Gasteiger partial charge < -0.3 is 9.64 Å². The van der Waals surface area contributed by atoms with Crippen LogP contribution in [-0.4, -0.2) is 30.1 Å². The third-order valence-corrected chi connectivity index (χ3v) is 2.74. The minimum absolute atomic E-state index is 0.157. The van der Waals surface area contributed by atoms with Crippen LogP contribution in [0.5, 0.6) is 0 Å². The van der Waals surface area contributed by atoms with E-state index >= 15 is 0 Å². The van der Waals surface area contributed by atoms with Gasteiger partial charge in [0.1, 0.15) is 5.60 Å². The number of rotatable bonds is 5. The Hall–Kier alpha value is -1.06. The van der Waals surface area contributed by atoms with Gasteiger partial charge in [-0.25, -0.2) is 0 Å². The van der Waals surface area contributed by atoms with Crippen LogP contribution in [0, 0.1) is 0 Å². The lowest BCUT2D eigenvalue weighted by Gasteiger charge is -2.21. The van der Waals surface area contributed by atoms with E-state index < -0.39 is 5.60 Å². The molecule has 0 amide bonds. The molecule has 1 rings (SSSR count). The van der Waals surface area contributed by atoms with Gasteiger partial charge in [-0.2, -0.15) is 0 Å². The number of hydrogen-bond donors (Lipinski definition) is 0. The van der Waals surface area contributed by atoms with E-state index in [2.05, 4.69) is 4.90 Å². The number of halogens is 1. The van der Waals surface area contributed by atoms with E-state index in [9.17, 15) is 4.79 Å². The van der Waals surface area contributed by atoms with E-state index in [1.54, 1.807) is 0 Å². The molecule has 3 nitrogen and oxygen atoms in total. The minimum atomic E-state index is -0.411. The van der Waals surface area contributed by atoms with Crippen molar-refractivity contribution >= 4 is 17.6 Å². The van der Waals surface area contributed by atoms with E-state index in [1.807, 2.05) is 52.1 Å². The second-order valence-electron chi connectivity index (χ2n) is 5.70. The number of hydrogen-bond acceptors (Lipinski definition) is 3. The maximum absolute atomic E-state index is 11.6. The zero-order valence-corrected chi connectivity index (χ0v) is 12.8. The Morgan fingerprint density at radius 3 is 2.37 bits per heavy atom. The molecule has 19 heavy (non-hydrogen) atoms. The van der Waals surface area contributed by atoms with Gasteiger partial charge in [-0.15, -0.1) is 0 Å². The van der Waals surface area contributed by atoms with Crippen LogP contribution in [0.25, 0.3) is 0 Å². The predicted octanol–water partition coefficient (Wildman–Crippen LogP) is 3.50. The Morgan fingerprint density at radius 2 is 1.84 bits per heavy atom. The molecule has 0 bridgehead atoms. The molecule has 1 aromatic rings. The summed E-state index contributed by atoms with van der Waals surface area (Å²) in [6.07, 6.45) is 0.404. The predicted molar refractivity (Wildman–Crippen MR) is 78.2 cm³/mol. The summed E-state index contributed by atoms with van der Waals surface area (Å²) < 4.78 is 5.27. The van der Waals surface area contributed by atoms with Crippen LogP contribution in [-0.2, 0) is 16.1 Å². The fourth-order valence-corrected chi connectivity index (χ4v) is 1.78. The Kier molecular flexibility index (Phi) is 5.83. The highest BCUT2D eigenvalue weighted by molar-refractivity contribution is 6.30. The summed E-state index contributed by atoms with van der Waals surface area (Å²) in [4.78, 5) is 13.7. The Balaban J connectivity index is 2.33. The third kappa shape index (κ3) is 7.19. The summed E-state index contributed by atoms with van der Waals surface area (Å²) >= 11 is 5.84. The van der Waals surface area contributed by atoms with Gasteiger partial charge in [0.25, 0.3) is 0 Å². The molecular weight excluding hydrogens is 262 g/mol. The molecule has 0 spiro atoms. The first kappa shape index (κ1) is 16.0. The van der Waals surface area contributed by atoms with Crippen LogP contribution in [0.4, 0.5) is 0 Å². The van der Waals surface area contributed by atoms with Gasteiger partial charge in [0.15, 0.2) is 0 Å². The van der Waals surface area contributed by atoms with E-state index in [0.717, 1.165) is 11.6 Å². The van der Waals surface area contributed by atoms with E-state index in [1.165, 1.54) is 5.56 Å². The number of nitrogens with zero attached hydrogens (tertiary/aromatic N) is 1. The molecule has 0 aromatic heterocycles. The van der Waals surface area contributed by atoms with Crippen LogP contribution in [0.1, 0.15) is 32.8 Å². The standard InChI is InChI=1S/C15H22ClNO2/c1-15(2,3)19-14(18)9-10-17(4)11-12-5-7-13(16)8-6-12/h5-8H,9-11H2,1-4H3. The average molecular weight is 284 g/mol. The van der Waals surface area contributed by atoms with Crippen molar-refractivity contribution in [1.82, 2.24) is 4.90 Å². The first-order chi connectivity index (χ1) is 8.76. The number of benzene rings is 1. The second-order valence-corrected chi connectivity index (χ2v) is 6.14. The smallest absolute Gasteiger partial charge is 0.307 e. The minimum Gasteiger partial charge on any atom is -0.460 e. The zero-order valence-electron chi connectivity index (χ0n) is 12.1. The van der Waals surface area contributed by atoms with Crippen molar-refractivity contribution in [3.05, 3.63) is 34.9 Å². The van der Waals surface area contributed by atoms with Crippen LogP contribution in [0.15, 0.2) is 24.3 Å². The molecule has 0 aliphatic carbocycles. The molecule has 0 unspecified atom stereocenters. The fourth-order valence-electron chi connectivity index (χ4n) is 1.66. The maximum Gasteiger partial charge on any atom is 0.307 e. The van der Waals surface area contributed by atoms with Crippen molar-refractivity contribution in [3.63, 3.8) is 0 Å². The van der Waals surface area contributed by atoms with Crippen molar-refractivity contribution < 1.29 is 9.53 Å². The fraction of sp³-hybridized carbons (Fsp3) is 0.533. The molecule has 0 saturated heterocycles. The summed E-state index contributed by atoms with van der Waals surface area (Å²) in [5.41, 5.74) is 0.766. The van der Waals surface area contributed by atoms with Gasteiger partial charge in [-0.05, 0) is 45.5 Å². The monoisotopic (exact) mass is 283 g/mol. The lowest BCUT2D eigenvalue weighted by molar-refractivity contribution is -0.155. The van der Waals surface area contributed by atoms with Crippen molar-refractivity contribution in [3.8, 4) is 0 Å². The van der Waals surface area contributed by atoms with Crippen molar-refractivity contribution in [2.75, 3.05) is 13.6 Å². The van der Waals surface area contributed by atoms with Crippen LogP contribution in [0.3, 0.4) is 0 Å². The largest absolute Gasteiger partial charge is 0.460 e. The molecule has 0 heterocycles. The quantitative estimate of drug-likeness (QED) is 0.775. The zero-order chi connectivity index (χ0) is 14.5. The Morgan fingerprint density at radius 1 is 1.26 bits per heavy atom. The number of ether oxygens (including phenoxy) is 1. The van der Waals surface area contributed by atoms with E-state index in [0.29, 0.717) is 13.0 Å². The maximum atomic E-state index is 11.6. The van der Waals surface area contributed by atoms with Gasteiger partial charge in [-0.1, -0.05) is 23.7 Å². The summed E-state index contributed by atoms with van der Waals surface area (Å²) in [7, 11) is 1.99. The number of carbonyl (C=O) groups excluding carboxylic acids is 1. The molecule has 1 aromatic carbocycles. The van der Waals surface area contributed by atoms with Crippen molar-refractivity contribution in [2.24, 2.45) is 0 Å². The molecule has 0 aliphatic rings. The van der Waals surface area contributed by atoms with E-state index in [4.69, 9.17) is 16.3 Å². The van der Waals surface area contributed by atoms with Crippen LogP contribution in [0.2, 0.25) is 5.02 Å². The molecule has 0 saturated carbocycles. The van der Waals surface area contributed by atoms with Gasteiger partial charge >= 0.3 is 5.97 Å². The third-order valence-electron chi connectivity index (χ3n) is 2.48. The lowest BCUT2D eigenvalue weighted by Crippen LogP contribution is -2.27. The van der Waals surface area contributed by atoms with Gasteiger partial charge in [0.2, 0.25) is 0 Å². The topological polar surface area (TPSA) is 29.5 Å². The molecular formula is C15H22ClNO2. The highest BCUT2D eigenvalue weighted by Crippen LogP contribution is 2.12. The Labute approximate surface area is 120 Å². The first-order valence-electron chi connectivity index (χ1n) is 6.41. The highest BCUT2D eigenvalue weighted by Gasteiger charge is 2.16. The molecule has 0 atom stereocenters. The highest BCUT2D eigenvalue weighted by atomic mass is 35.5. The van der Waals surface area contributed by atoms with Gasteiger partial charge in [0, 0.05) is 18.1 Å². The van der Waals surface area contributed by atoms with Crippen LogP contribution >= 0.6 is 11.6 Å². The molecule has 0 aliphatic heterocycles. The molecule has 0 N–H and O–H groups in total. The summed E-state index contributed by atoms with van der Waals surface area (Å²) in [5, 5.41) is 0.736. The molecule has 0 fully saturated rings. The molecule has 4 heteroatoms. The summed E-state index contributed by atoms with van der Waals surface area (Å²) in [5.74, 6) is -0.157. The van der Waals surface area contributed by atoms with Crippen molar-refractivity contribution in [1.29, 1.82) is 0 Å². The van der Waals surface area contributed by atoms with Crippen molar-refractivity contribution in [2.45, 2.75) is 39.3 Å². The molecule has 106 valence electrons. The SMILES string of the molecule is CN(CCC(=O)OC(C)(C)C)Cc1ccc(Cl)cc1. The summed E-state index contributed by atoms with van der Waals surface area (Å²) in [6, 6.07) is 7.73. The molecule has 0 radical (unpaired) electrons. The average Bonchev–Trinajstić information content (AvgIpc) is 2.27. The normalized spacial score (nSPS) is 11.7. The lowest BCUT2D eigenvalue weighted by atomic mass is 10.2. The summed E-state index contributed by atoms with van der Waals surface area (Å²) in [6.45, 7) is 7.10. The number of carbonyl (C=O) groups is 1. The second kappa shape index (κ2) is 6.92. The van der Waals surface area contributed by atoms with Gasteiger partial charge in [-0.3, -0.25) is 4.79 Å². The Bertz CT molecular complexity index is 409.